The molecule has 0 N–H and O–H groups in total. The van der Waals surface area contributed by atoms with Crippen LogP contribution in [-0.2, 0) is 14.3 Å². The van der Waals surface area contributed by atoms with Crippen LogP contribution in [0.3, 0.4) is 0 Å². The van der Waals surface area contributed by atoms with Crippen molar-refractivity contribution in [3.8, 4) is 11.5 Å². The number of aromatic nitrogens is 1. The molecular weight excluding hydrogens is 492 g/mol. The Morgan fingerprint density at radius 1 is 1.11 bits per heavy atom. The third kappa shape index (κ3) is 5.62. The average Bonchev–Trinajstić information content (AvgIpc) is 3.17. The first-order chi connectivity index (χ1) is 17.8. The standard InChI is InChI=1S/C28H26N2O6S/c1-5-35-27(33)25-17(2)29-28-30(21(25)13-11-19-9-7-6-8-10-19)26(32)24(37-28)16-20-12-14-22(36-18(3)31)23(15-20)34-4/h6-16,21H,5H2,1-4H3/b13-11+,24-16+/t21-/m1/s1. The molecule has 0 spiro atoms. The summed E-state index contributed by atoms with van der Waals surface area (Å²) in [6.45, 7) is 4.99. The number of rotatable bonds is 7. The van der Waals surface area contributed by atoms with Crippen molar-refractivity contribution in [2.45, 2.75) is 26.8 Å². The van der Waals surface area contributed by atoms with Gasteiger partial charge in [0, 0.05) is 6.92 Å². The van der Waals surface area contributed by atoms with E-state index in [9.17, 15) is 14.4 Å². The van der Waals surface area contributed by atoms with Gasteiger partial charge in [-0.2, -0.15) is 0 Å². The average molecular weight is 519 g/mol. The smallest absolute Gasteiger partial charge is 0.338 e. The van der Waals surface area contributed by atoms with E-state index in [1.165, 1.54) is 29.9 Å². The zero-order valence-corrected chi connectivity index (χ0v) is 21.7. The summed E-state index contributed by atoms with van der Waals surface area (Å²) in [6, 6.07) is 14.0. The molecule has 0 saturated heterocycles. The van der Waals surface area contributed by atoms with Crippen LogP contribution in [0.2, 0.25) is 0 Å². The van der Waals surface area contributed by atoms with Crippen molar-refractivity contribution in [1.82, 2.24) is 4.57 Å². The maximum Gasteiger partial charge on any atom is 0.338 e. The van der Waals surface area contributed by atoms with E-state index in [4.69, 9.17) is 14.2 Å². The molecule has 0 amide bonds. The molecule has 2 aromatic carbocycles. The molecule has 1 atom stereocenters. The first-order valence-electron chi connectivity index (χ1n) is 11.6. The lowest BCUT2D eigenvalue weighted by Crippen LogP contribution is -2.38. The second kappa shape index (κ2) is 11.2. The van der Waals surface area contributed by atoms with Crippen LogP contribution in [0.4, 0.5) is 0 Å². The summed E-state index contributed by atoms with van der Waals surface area (Å²) >= 11 is 1.22. The Morgan fingerprint density at radius 3 is 2.54 bits per heavy atom. The van der Waals surface area contributed by atoms with Crippen LogP contribution in [0.25, 0.3) is 12.2 Å². The summed E-state index contributed by atoms with van der Waals surface area (Å²) < 4.78 is 17.7. The van der Waals surface area contributed by atoms with E-state index in [1.807, 2.05) is 42.5 Å². The molecule has 1 aromatic heterocycles. The number of thiazole rings is 1. The molecule has 1 aliphatic rings. The molecule has 3 aromatic rings. The van der Waals surface area contributed by atoms with E-state index in [-0.39, 0.29) is 17.9 Å². The lowest BCUT2D eigenvalue weighted by atomic mass is 10.0. The van der Waals surface area contributed by atoms with Crippen molar-refractivity contribution in [3.05, 3.63) is 96.7 Å². The number of benzene rings is 2. The van der Waals surface area contributed by atoms with Crippen molar-refractivity contribution in [1.29, 1.82) is 0 Å². The molecule has 0 bridgehead atoms. The number of ether oxygens (including phenoxy) is 3. The van der Waals surface area contributed by atoms with Crippen molar-refractivity contribution >= 4 is 35.4 Å². The molecular formula is C28H26N2O6S. The van der Waals surface area contributed by atoms with Gasteiger partial charge < -0.3 is 14.2 Å². The van der Waals surface area contributed by atoms with E-state index in [2.05, 4.69) is 4.99 Å². The lowest BCUT2D eigenvalue weighted by Gasteiger charge is -2.21. The van der Waals surface area contributed by atoms with Gasteiger partial charge in [-0.05, 0) is 43.2 Å². The number of carbonyl (C=O) groups excluding carboxylic acids is 2. The molecule has 9 heteroatoms. The van der Waals surface area contributed by atoms with Gasteiger partial charge in [-0.3, -0.25) is 14.2 Å². The summed E-state index contributed by atoms with van der Waals surface area (Å²) in [7, 11) is 1.47. The predicted molar refractivity (Wildman–Crippen MR) is 141 cm³/mol. The van der Waals surface area contributed by atoms with Gasteiger partial charge in [0.25, 0.3) is 5.56 Å². The highest BCUT2D eigenvalue weighted by Crippen LogP contribution is 2.29. The second-order valence-electron chi connectivity index (χ2n) is 8.12. The lowest BCUT2D eigenvalue weighted by molar-refractivity contribution is -0.139. The summed E-state index contributed by atoms with van der Waals surface area (Å²) in [5.74, 6) is -0.322. The van der Waals surface area contributed by atoms with Gasteiger partial charge in [0.2, 0.25) is 0 Å². The van der Waals surface area contributed by atoms with E-state index < -0.39 is 18.0 Å². The van der Waals surface area contributed by atoms with Gasteiger partial charge in [-0.15, -0.1) is 0 Å². The van der Waals surface area contributed by atoms with E-state index >= 15 is 0 Å². The molecule has 0 aliphatic carbocycles. The normalized spacial score (nSPS) is 15.4. The van der Waals surface area contributed by atoms with Gasteiger partial charge in [0.15, 0.2) is 16.3 Å². The molecule has 8 nitrogen and oxygen atoms in total. The molecule has 1 aliphatic heterocycles. The Kier molecular flexibility index (Phi) is 7.83. The number of fused-ring (bicyclic) bond motifs is 1. The van der Waals surface area contributed by atoms with E-state index in [0.29, 0.717) is 31.9 Å². The monoisotopic (exact) mass is 518 g/mol. The van der Waals surface area contributed by atoms with Crippen molar-refractivity contribution in [2.75, 3.05) is 13.7 Å². The Balaban J connectivity index is 1.83. The summed E-state index contributed by atoms with van der Waals surface area (Å²) in [4.78, 5) is 42.9. The maximum atomic E-state index is 13.6. The zero-order chi connectivity index (χ0) is 26.5. The summed E-state index contributed by atoms with van der Waals surface area (Å²) in [5.41, 5.74) is 2.14. The Labute approximate surface area is 217 Å². The van der Waals surface area contributed by atoms with E-state index in [1.54, 1.807) is 38.1 Å². The fourth-order valence-corrected chi connectivity index (χ4v) is 5.00. The van der Waals surface area contributed by atoms with Crippen LogP contribution in [0, 0.1) is 0 Å². The van der Waals surface area contributed by atoms with Crippen LogP contribution >= 0.6 is 11.3 Å². The summed E-state index contributed by atoms with van der Waals surface area (Å²) in [6.07, 6.45) is 5.40. The van der Waals surface area contributed by atoms with Crippen LogP contribution in [-0.4, -0.2) is 30.2 Å². The molecule has 0 radical (unpaired) electrons. The minimum Gasteiger partial charge on any atom is -0.493 e. The SMILES string of the molecule is CCOC(=O)C1=C(C)N=c2s/c(=C/c3ccc(OC(C)=O)c(OC)c3)c(=O)n2[C@@H]1/C=C/c1ccccc1. The van der Waals surface area contributed by atoms with Crippen molar-refractivity contribution in [3.63, 3.8) is 0 Å². The number of allylic oxidation sites excluding steroid dienone is 2. The third-order valence-corrected chi connectivity index (χ3v) is 6.55. The second-order valence-corrected chi connectivity index (χ2v) is 9.13. The van der Waals surface area contributed by atoms with Crippen LogP contribution in [0.1, 0.15) is 37.9 Å². The maximum absolute atomic E-state index is 13.6. The minimum absolute atomic E-state index is 0.209. The van der Waals surface area contributed by atoms with Crippen molar-refractivity contribution in [2.24, 2.45) is 4.99 Å². The molecule has 0 saturated carbocycles. The number of methoxy groups -OCH3 is 1. The molecule has 0 fully saturated rings. The molecule has 0 unspecified atom stereocenters. The van der Waals surface area contributed by atoms with Gasteiger partial charge in [0.1, 0.15) is 0 Å². The highest BCUT2D eigenvalue weighted by Gasteiger charge is 2.30. The van der Waals surface area contributed by atoms with Gasteiger partial charge in [-0.25, -0.2) is 9.79 Å². The van der Waals surface area contributed by atoms with Gasteiger partial charge in [0.05, 0.1) is 35.6 Å². The molecule has 2 heterocycles. The third-order valence-electron chi connectivity index (χ3n) is 5.57. The first kappa shape index (κ1) is 25.8. The fraction of sp³-hybridized carbons (Fsp3) is 0.214. The molecule has 190 valence electrons. The van der Waals surface area contributed by atoms with Gasteiger partial charge >= 0.3 is 11.9 Å². The Morgan fingerprint density at radius 2 is 1.86 bits per heavy atom. The van der Waals surface area contributed by atoms with Crippen LogP contribution in [0.15, 0.2) is 75.7 Å². The fourth-order valence-electron chi connectivity index (χ4n) is 3.95. The summed E-state index contributed by atoms with van der Waals surface area (Å²) in [5, 5.41) is 0. The topological polar surface area (TPSA) is 96.2 Å². The highest BCUT2D eigenvalue weighted by atomic mass is 32.1. The van der Waals surface area contributed by atoms with Crippen LogP contribution < -0.4 is 24.4 Å². The number of hydrogen-bond acceptors (Lipinski definition) is 8. The number of hydrogen-bond donors (Lipinski definition) is 0. The molecule has 37 heavy (non-hydrogen) atoms. The van der Waals surface area contributed by atoms with Crippen LogP contribution in [0.5, 0.6) is 11.5 Å². The zero-order valence-electron chi connectivity index (χ0n) is 20.9. The minimum atomic E-state index is -0.682. The first-order valence-corrected chi connectivity index (χ1v) is 12.4. The Bertz CT molecular complexity index is 1580. The number of carbonyl (C=O) groups is 2. The largest absolute Gasteiger partial charge is 0.493 e. The number of esters is 2. The quantitative estimate of drug-likeness (QED) is 0.351. The highest BCUT2D eigenvalue weighted by molar-refractivity contribution is 7.07. The molecule has 4 rings (SSSR count). The van der Waals surface area contributed by atoms with Crippen molar-refractivity contribution < 1.29 is 23.8 Å². The van der Waals surface area contributed by atoms with Gasteiger partial charge in [-0.1, -0.05) is 59.9 Å². The van der Waals surface area contributed by atoms with E-state index in [0.717, 1.165) is 5.56 Å². The number of nitrogens with zero attached hydrogens (tertiary/aromatic N) is 2. The Hall–Kier alpha value is -4.24. The predicted octanol–water partition coefficient (Wildman–Crippen LogP) is 3.40.